The number of benzene rings is 2. The van der Waals surface area contributed by atoms with Crippen molar-refractivity contribution in [1.82, 2.24) is 10.9 Å². The minimum Gasteiger partial charge on any atom is -0.493 e. The predicted octanol–water partition coefficient (Wildman–Crippen LogP) is 3.41. The monoisotopic (exact) mass is 400 g/mol. The predicted molar refractivity (Wildman–Crippen MR) is 110 cm³/mol. The molecule has 2 aromatic rings. The molecule has 0 aliphatic carbocycles. The average Bonchev–Trinajstić information content (AvgIpc) is 2.73. The van der Waals surface area contributed by atoms with E-state index >= 15 is 0 Å². The second-order valence-corrected chi connectivity index (χ2v) is 6.58. The molecular weight excluding hydrogens is 372 g/mol. The Balaban J connectivity index is 1.90. The number of hydrogen-bond donors (Lipinski definition) is 2. The first-order chi connectivity index (χ1) is 13.9. The van der Waals surface area contributed by atoms with Gasteiger partial charge in [-0.3, -0.25) is 20.4 Å². The molecule has 2 N–H and O–H groups in total. The summed E-state index contributed by atoms with van der Waals surface area (Å²) in [6.07, 6.45) is 1.18. The molecule has 1 unspecified atom stereocenters. The van der Waals surface area contributed by atoms with E-state index in [0.29, 0.717) is 29.4 Å². The van der Waals surface area contributed by atoms with Crippen LogP contribution in [0.25, 0.3) is 0 Å². The molecule has 29 heavy (non-hydrogen) atoms. The molecule has 2 rings (SSSR count). The summed E-state index contributed by atoms with van der Waals surface area (Å²) in [5.74, 6) is 0.662. The van der Waals surface area contributed by atoms with Gasteiger partial charge in [-0.15, -0.1) is 0 Å². The molecule has 2 amide bonds. The number of carbonyl (C=O) groups excluding carboxylic acids is 2. The third-order valence-electron chi connectivity index (χ3n) is 4.18. The Morgan fingerprint density at radius 2 is 1.76 bits per heavy atom. The summed E-state index contributed by atoms with van der Waals surface area (Å²) < 4.78 is 16.5. The number of methoxy groups -OCH3 is 1. The first-order valence-electron chi connectivity index (χ1n) is 9.59. The molecule has 0 fully saturated rings. The van der Waals surface area contributed by atoms with Gasteiger partial charge in [-0.2, -0.15) is 0 Å². The Morgan fingerprint density at radius 3 is 2.41 bits per heavy atom. The third-order valence-corrected chi connectivity index (χ3v) is 4.18. The Hall–Kier alpha value is -3.22. The van der Waals surface area contributed by atoms with Crippen LogP contribution in [0.3, 0.4) is 0 Å². The van der Waals surface area contributed by atoms with Crippen LogP contribution in [-0.2, 0) is 4.79 Å². The van der Waals surface area contributed by atoms with E-state index in [-0.39, 0.29) is 0 Å². The van der Waals surface area contributed by atoms with Gasteiger partial charge in [0.05, 0.1) is 13.7 Å². The number of rotatable bonds is 9. The molecule has 0 bridgehead atoms. The van der Waals surface area contributed by atoms with Gasteiger partial charge in [0.1, 0.15) is 5.75 Å². The molecule has 0 saturated carbocycles. The fraction of sp³-hybridized carbons (Fsp3) is 0.364. The zero-order chi connectivity index (χ0) is 21.2. The summed E-state index contributed by atoms with van der Waals surface area (Å²) in [7, 11) is 1.51. The number of unbranched alkanes of at least 4 members (excludes halogenated alkanes) is 1. The van der Waals surface area contributed by atoms with E-state index < -0.39 is 17.9 Å². The number of ether oxygens (including phenoxy) is 3. The molecule has 7 heteroatoms. The van der Waals surface area contributed by atoms with Crippen molar-refractivity contribution in [3.63, 3.8) is 0 Å². The van der Waals surface area contributed by atoms with Crippen LogP contribution in [0.2, 0.25) is 0 Å². The van der Waals surface area contributed by atoms with Crippen LogP contribution in [0.1, 0.15) is 42.6 Å². The van der Waals surface area contributed by atoms with Gasteiger partial charge < -0.3 is 14.2 Å². The van der Waals surface area contributed by atoms with E-state index in [1.54, 1.807) is 37.3 Å². The van der Waals surface area contributed by atoms with E-state index in [9.17, 15) is 9.59 Å². The van der Waals surface area contributed by atoms with Gasteiger partial charge in [0, 0.05) is 5.56 Å². The maximum Gasteiger partial charge on any atom is 0.279 e. The minimum absolute atomic E-state index is 0.331. The van der Waals surface area contributed by atoms with Crippen molar-refractivity contribution < 1.29 is 23.8 Å². The number of hydrogen-bond acceptors (Lipinski definition) is 5. The highest BCUT2D eigenvalue weighted by Gasteiger charge is 2.17. The second kappa shape index (κ2) is 10.9. The van der Waals surface area contributed by atoms with Crippen LogP contribution in [0, 0.1) is 6.92 Å². The molecule has 1 atom stereocenters. The summed E-state index contributed by atoms with van der Waals surface area (Å²) >= 11 is 0. The number of nitrogens with one attached hydrogen (secondary N) is 2. The first kappa shape index (κ1) is 22.1. The van der Waals surface area contributed by atoms with Crippen molar-refractivity contribution in [3.05, 3.63) is 53.6 Å². The molecule has 0 spiro atoms. The highest BCUT2D eigenvalue weighted by molar-refractivity contribution is 5.96. The lowest BCUT2D eigenvalue weighted by molar-refractivity contribution is -0.128. The number of amides is 2. The molecule has 2 aromatic carbocycles. The Kier molecular flexibility index (Phi) is 8.33. The van der Waals surface area contributed by atoms with Crippen LogP contribution in [0.5, 0.6) is 17.2 Å². The number of carbonyl (C=O) groups is 2. The summed E-state index contributed by atoms with van der Waals surface area (Å²) in [5.41, 5.74) is 6.18. The Bertz CT molecular complexity index is 820. The number of hydrazine groups is 1. The number of aryl methyl sites for hydroxylation is 1. The molecule has 0 aliphatic heterocycles. The molecule has 0 radical (unpaired) electrons. The van der Waals surface area contributed by atoms with Crippen molar-refractivity contribution in [3.8, 4) is 17.2 Å². The minimum atomic E-state index is -0.776. The van der Waals surface area contributed by atoms with Gasteiger partial charge in [-0.25, -0.2) is 0 Å². The van der Waals surface area contributed by atoms with Crippen molar-refractivity contribution in [2.75, 3.05) is 13.7 Å². The SMILES string of the molecule is CCCCOc1ccc(C(=O)NNC(=O)C(C)Oc2ccc(C)cc2)cc1OC. The van der Waals surface area contributed by atoms with Crippen molar-refractivity contribution >= 4 is 11.8 Å². The van der Waals surface area contributed by atoms with E-state index in [1.807, 2.05) is 19.1 Å². The molecular formula is C22H28N2O5. The summed E-state index contributed by atoms with van der Waals surface area (Å²) in [5, 5.41) is 0. The van der Waals surface area contributed by atoms with Crippen LogP contribution in [0.15, 0.2) is 42.5 Å². The Labute approximate surface area is 171 Å². The zero-order valence-corrected chi connectivity index (χ0v) is 17.3. The third kappa shape index (κ3) is 6.71. The standard InChI is InChI=1S/C22H28N2O5/c1-5-6-13-28-19-12-9-17(14-20(19)27-4)22(26)24-23-21(25)16(3)29-18-10-7-15(2)8-11-18/h7-12,14,16H,5-6,13H2,1-4H3,(H,23,25)(H,24,26). The van der Waals surface area contributed by atoms with Gasteiger partial charge in [0.25, 0.3) is 11.8 Å². The Morgan fingerprint density at radius 1 is 1.03 bits per heavy atom. The van der Waals surface area contributed by atoms with Gasteiger partial charge in [-0.05, 0) is 50.6 Å². The quantitative estimate of drug-likeness (QED) is 0.498. The van der Waals surface area contributed by atoms with Crippen LogP contribution < -0.4 is 25.1 Å². The van der Waals surface area contributed by atoms with Crippen LogP contribution in [-0.4, -0.2) is 31.6 Å². The zero-order valence-electron chi connectivity index (χ0n) is 17.3. The lowest BCUT2D eigenvalue weighted by Gasteiger charge is -2.16. The van der Waals surface area contributed by atoms with Crippen molar-refractivity contribution in [2.24, 2.45) is 0 Å². The summed E-state index contributed by atoms with van der Waals surface area (Å²) in [6.45, 7) is 6.23. The highest BCUT2D eigenvalue weighted by Crippen LogP contribution is 2.28. The summed E-state index contributed by atoms with van der Waals surface area (Å²) in [4.78, 5) is 24.5. The van der Waals surface area contributed by atoms with Gasteiger partial charge in [-0.1, -0.05) is 31.0 Å². The van der Waals surface area contributed by atoms with E-state index in [0.717, 1.165) is 18.4 Å². The van der Waals surface area contributed by atoms with Crippen LogP contribution in [0.4, 0.5) is 0 Å². The maximum absolute atomic E-state index is 12.3. The fourth-order valence-corrected chi connectivity index (χ4v) is 2.42. The first-order valence-corrected chi connectivity index (χ1v) is 9.59. The lowest BCUT2D eigenvalue weighted by Crippen LogP contribution is -2.47. The molecule has 7 nitrogen and oxygen atoms in total. The molecule has 156 valence electrons. The molecule has 0 aliphatic rings. The molecule has 0 aromatic heterocycles. The normalized spacial score (nSPS) is 11.3. The summed E-state index contributed by atoms with van der Waals surface area (Å²) in [6, 6.07) is 12.2. The van der Waals surface area contributed by atoms with E-state index in [1.165, 1.54) is 7.11 Å². The molecule has 0 saturated heterocycles. The van der Waals surface area contributed by atoms with Gasteiger partial charge in [0.2, 0.25) is 0 Å². The lowest BCUT2D eigenvalue weighted by atomic mass is 10.2. The maximum atomic E-state index is 12.3. The van der Waals surface area contributed by atoms with Crippen molar-refractivity contribution in [2.45, 2.75) is 39.7 Å². The average molecular weight is 400 g/mol. The van der Waals surface area contributed by atoms with Gasteiger partial charge in [0.15, 0.2) is 17.6 Å². The van der Waals surface area contributed by atoms with E-state index in [2.05, 4.69) is 17.8 Å². The second-order valence-electron chi connectivity index (χ2n) is 6.58. The largest absolute Gasteiger partial charge is 0.493 e. The smallest absolute Gasteiger partial charge is 0.279 e. The van der Waals surface area contributed by atoms with E-state index in [4.69, 9.17) is 14.2 Å². The fourth-order valence-electron chi connectivity index (χ4n) is 2.42. The topological polar surface area (TPSA) is 85.9 Å². The highest BCUT2D eigenvalue weighted by atomic mass is 16.5. The van der Waals surface area contributed by atoms with Gasteiger partial charge >= 0.3 is 0 Å². The molecule has 0 heterocycles. The van der Waals surface area contributed by atoms with Crippen LogP contribution >= 0.6 is 0 Å². The van der Waals surface area contributed by atoms with Crippen molar-refractivity contribution in [1.29, 1.82) is 0 Å².